The van der Waals surface area contributed by atoms with Crippen LogP contribution in [-0.2, 0) is 11.6 Å². The van der Waals surface area contributed by atoms with Gasteiger partial charge in [0.05, 0.1) is 11.7 Å². The lowest BCUT2D eigenvalue weighted by Crippen LogP contribution is -2.19. The van der Waals surface area contributed by atoms with E-state index in [0.717, 1.165) is 18.9 Å². The molecule has 100 valence electrons. The van der Waals surface area contributed by atoms with Crippen molar-refractivity contribution in [3.8, 4) is 5.75 Å². The van der Waals surface area contributed by atoms with Gasteiger partial charge in [0.1, 0.15) is 5.75 Å². The lowest BCUT2D eigenvalue weighted by atomic mass is 9.83. The van der Waals surface area contributed by atoms with E-state index in [-0.39, 0.29) is 6.10 Å². The van der Waals surface area contributed by atoms with E-state index in [1.165, 1.54) is 6.07 Å². The number of benzene rings is 1. The minimum absolute atomic E-state index is 0.103. The van der Waals surface area contributed by atoms with E-state index in [1.54, 1.807) is 26.8 Å². The van der Waals surface area contributed by atoms with Crippen LogP contribution in [0.15, 0.2) is 18.2 Å². The Kier molecular flexibility index (Phi) is 3.07. The van der Waals surface area contributed by atoms with E-state index < -0.39 is 17.2 Å². The summed E-state index contributed by atoms with van der Waals surface area (Å²) in [5.74, 6) is 0.317. The van der Waals surface area contributed by atoms with Crippen molar-refractivity contribution in [1.29, 1.82) is 0 Å². The van der Waals surface area contributed by atoms with Gasteiger partial charge in [0.2, 0.25) is 0 Å². The third kappa shape index (κ3) is 2.98. The minimum atomic E-state index is -4.34. The predicted octanol–water partition coefficient (Wildman–Crippen LogP) is 4.54. The Morgan fingerprint density at radius 1 is 1.06 bits per heavy atom. The number of rotatable bonds is 2. The van der Waals surface area contributed by atoms with Crippen LogP contribution < -0.4 is 4.74 Å². The number of hydrogen-bond donors (Lipinski definition) is 0. The molecule has 1 aromatic rings. The zero-order valence-electron chi connectivity index (χ0n) is 10.8. The quantitative estimate of drug-likeness (QED) is 0.756. The SMILES string of the molecule is CC(C)(C)c1ccc(OC2CC2)cc1C(F)(F)F. The van der Waals surface area contributed by atoms with E-state index in [9.17, 15) is 13.2 Å². The molecule has 0 atom stereocenters. The average Bonchev–Trinajstić information content (AvgIpc) is 2.98. The van der Waals surface area contributed by atoms with Gasteiger partial charge in [-0.2, -0.15) is 13.2 Å². The van der Waals surface area contributed by atoms with Gasteiger partial charge in [-0.1, -0.05) is 26.8 Å². The van der Waals surface area contributed by atoms with Gasteiger partial charge < -0.3 is 4.74 Å². The van der Waals surface area contributed by atoms with E-state index in [2.05, 4.69) is 0 Å². The van der Waals surface area contributed by atoms with Crippen molar-refractivity contribution >= 4 is 0 Å². The second-order valence-corrected chi connectivity index (χ2v) is 5.77. The zero-order valence-corrected chi connectivity index (χ0v) is 10.8. The van der Waals surface area contributed by atoms with Gasteiger partial charge in [-0.25, -0.2) is 0 Å². The maximum Gasteiger partial charge on any atom is 0.416 e. The summed E-state index contributed by atoms with van der Waals surface area (Å²) < 4.78 is 44.6. The highest BCUT2D eigenvalue weighted by Crippen LogP contribution is 2.40. The molecule has 4 heteroatoms. The Labute approximate surface area is 105 Å². The molecule has 1 aliphatic carbocycles. The summed E-state index contributed by atoms with van der Waals surface area (Å²) in [6.07, 6.45) is -2.37. The number of ether oxygens (including phenoxy) is 1. The zero-order chi connectivity index (χ0) is 13.6. The number of hydrogen-bond acceptors (Lipinski definition) is 1. The van der Waals surface area contributed by atoms with Crippen LogP contribution >= 0.6 is 0 Å². The van der Waals surface area contributed by atoms with E-state index in [1.807, 2.05) is 0 Å². The van der Waals surface area contributed by atoms with Crippen molar-refractivity contribution in [3.05, 3.63) is 29.3 Å². The van der Waals surface area contributed by atoms with Crippen molar-refractivity contribution in [1.82, 2.24) is 0 Å². The Morgan fingerprint density at radius 2 is 1.67 bits per heavy atom. The first-order valence-corrected chi connectivity index (χ1v) is 6.06. The highest BCUT2D eigenvalue weighted by atomic mass is 19.4. The highest BCUT2D eigenvalue weighted by Gasteiger charge is 2.37. The van der Waals surface area contributed by atoms with Gasteiger partial charge in [-0.05, 0) is 36.0 Å². The Balaban J connectivity index is 2.41. The van der Waals surface area contributed by atoms with Gasteiger partial charge in [0, 0.05) is 0 Å². The van der Waals surface area contributed by atoms with Crippen LogP contribution in [0.1, 0.15) is 44.7 Å². The molecule has 0 radical (unpaired) electrons. The molecule has 1 nitrogen and oxygen atoms in total. The van der Waals surface area contributed by atoms with Crippen LogP contribution in [-0.4, -0.2) is 6.10 Å². The summed E-state index contributed by atoms with van der Waals surface area (Å²) in [5.41, 5.74) is -0.825. The first-order valence-electron chi connectivity index (χ1n) is 6.06. The third-order valence-corrected chi connectivity index (χ3v) is 2.93. The average molecular weight is 258 g/mol. The maximum absolute atomic E-state index is 13.1. The lowest BCUT2D eigenvalue weighted by molar-refractivity contribution is -0.138. The molecule has 2 rings (SSSR count). The fraction of sp³-hybridized carbons (Fsp3) is 0.571. The molecule has 0 spiro atoms. The number of alkyl halides is 3. The maximum atomic E-state index is 13.1. The lowest BCUT2D eigenvalue weighted by Gasteiger charge is -2.24. The summed E-state index contributed by atoms with van der Waals surface area (Å²) in [4.78, 5) is 0. The Morgan fingerprint density at radius 3 is 2.11 bits per heavy atom. The topological polar surface area (TPSA) is 9.23 Å². The molecule has 0 N–H and O–H groups in total. The molecule has 0 amide bonds. The van der Waals surface area contributed by atoms with Gasteiger partial charge in [0.25, 0.3) is 0 Å². The van der Waals surface area contributed by atoms with Gasteiger partial charge in [0.15, 0.2) is 0 Å². The van der Waals surface area contributed by atoms with E-state index >= 15 is 0 Å². The largest absolute Gasteiger partial charge is 0.490 e. The van der Waals surface area contributed by atoms with Crippen LogP contribution in [0, 0.1) is 0 Å². The van der Waals surface area contributed by atoms with Crippen LogP contribution in [0.3, 0.4) is 0 Å². The summed E-state index contributed by atoms with van der Waals surface area (Å²) in [7, 11) is 0. The van der Waals surface area contributed by atoms with Crippen molar-refractivity contribution in [2.24, 2.45) is 0 Å². The molecular formula is C14H17F3O. The first kappa shape index (κ1) is 13.2. The molecule has 1 aromatic carbocycles. The Bertz CT molecular complexity index is 439. The van der Waals surface area contributed by atoms with Gasteiger partial charge in [-0.3, -0.25) is 0 Å². The van der Waals surface area contributed by atoms with Crippen LogP contribution in [0.2, 0.25) is 0 Å². The number of halogens is 3. The predicted molar refractivity (Wildman–Crippen MR) is 63.8 cm³/mol. The molecule has 0 saturated heterocycles. The molecule has 18 heavy (non-hydrogen) atoms. The molecule has 0 aliphatic heterocycles. The molecule has 1 aliphatic rings. The first-order chi connectivity index (χ1) is 8.18. The summed E-state index contributed by atoms with van der Waals surface area (Å²) in [6.45, 7) is 5.33. The monoisotopic (exact) mass is 258 g/mol. The minimum Gasteiger partial charge on any atom is -0.490 e. The van der Waals surface area contributed by atoms with Crippen molar-refractivity contribution in [2.75, 3.05) is 0 Å². The van der Waals surface area contributed by atoms with Crippen LogP contribution in [0.25, 0.3) is 0 Å². The molecule has 1 fully saturated rings. The summed E-state index contributed by atoms with van der Waals surface area (Å²) >= 11 is 0. The fourth-order valence-electron chi connectivity index (χ4n) is 1.86. The standard InChI is InChI=1S/C14H17F3O/c1-13(2,3)11-7-6-10(18-9-4-5-9)8-12(11)14(15,16)17/h6-9H,4-5H2,1-3H3. The normalized spacial score (nSPS) is 16.8. The Hall–Kier alpha value is -1.19. The molecule has 0 aromatic heterocycles. The molecule has 0 bridgehead atoms. The second kappa shape index (κ2) is 4.18. The smallest absolute Gasteiger partial charge is 0.416 e. The van der Waals surface area contributed by atoms with E-state index in [0.29, 0.717) is 11.3 Å². The van der Waals surface area contributed by atoms with Gasteiger partial charge >= 0.3 is 6.18 Å². The molecule has 0 heterocycles. The summed E-state index contributed by atoms with van der Waals surface area (Å²) in [6, 6.07) is 4.29. The third-order valence-electron chi connectivity index (χ3n) is 2.93. The van der Waals surface area contributed by atoms with Crippen LogP contribution in [0.5, 0.6) is 5.75 Å². The van der Waals surface area contributed by atoms with Crippen LogP contribution in [0.4, 0.5) is 13.2 Å². The van der Waals surface area contributed by atoms with Crippen molar-refractivity contribution < 1.29 is 17.9 Å². The molecule has 0 unspecified atom stereocenters. The molecular weight excluding hydrogens is 241 g/mol. The second-order valence-electron chi connectivity index (χ2n) is 5.77. The van der Waals surface area contributed by atoms with Crippen molar-refractivity contribution in [2.45, 2.75) is 51.3 Å². The van der Waals surface area contributed by atoms with E-state index in [4.69, 9.17) is 4.74 Å². The fourth-order valence-corrected chi connectivity index (χ4v) is 1.86. The summed E-state index contributed by atoms with van der Waals surface area (Å²) in [5, 5.41) is 0. The van der Waals surface area contributed by atoms with Crippen molar-refractivity contribution in [3.63, 3.8) is 0 Å². The molecule has 1 saturated carbocycles. The van der Waals surface area contributed by atoms with Gasteiger partial charge in [-0.15, -0.1) is 0 Å². The highest BCUT2D eigenvalue weighted by molar-refractivity contribution is 5.41.